The minimum absolute atomic E-state index is 0.189. The summed E-state index contributed by atoms with van der Waals surface area (Å²) >= 11 is 0. The number of rotatable bonds is 4. The van der Waals surface area contributed by atoms with Gasteiger partial charge in [0, 0.05) is 13.0 Å². The molecular formula is C6H13N5O. The molecule has 0 spiro atoms. The molecule has 0 saturated heterocycles. The number of anilines is 1. The van der Waals surface area contributed by atoms with Crippen LogP contribution in [0.2, 0.25) is 0 Å². The lowest BCUT2D eigenvalue weighted by Crippen LogP contribution is -2.15. The van der Waals surface area contributed by atoms with E-state index in [1.54, 1.807) is 0 Å². The third-order valence-corrected chi connectivity index (χ3v) is 1.60. The predicted molar refractivity (Wildman–Crippen MR) is 44.6 cm³/mol. The Morgan fingerprint density at radius 2 is 2.08 bits per heavy atom. The van der Waals surface area contributed by atoms with Crippen LogP contribution >= 0.6 is 0 Å². The van der Waals surface area contributed by atoms with Crippen molar-refractivity contribution in [3.8, 4) is 0 Å². The third-order valence-electron chi connectivity index (χ3n) is 1.60. The summed E-state index contributed by atoms with van der Waals surface area (Å²) in [6.45, 7) is 0.189. The maximum absolute atomic E-state index is 8.52. The second kappa shape index (κ2) is 3.91. The molecule has 0 aliphatic rings. The van der Waals surface area contributed by atoms with E-state index in [4.69, 9.17) is 16.7 Å². The number of aliphatic hydroxyl groups excluding tert-OH is 1. The molecule has 0 aromatic carbocycles. The summed E-state index contributed by atoms with van der Waals surface area (Å²) in [5, 5.41) is 15.9. The third kappa shape index (κ3) is 1.85. The summed E-state index contributed by atoms with van der Waals surface area (Å²) in [6, 6.07) is 0. The van der Waals surface area contributed by atoms with Crippen molar-refractivity contribution in [1.82, 2.24) is 14.9 Å². The van der Waals surface area contributed by atoms with Crippen molar-refractivity contribution < 1.29 is 5.11 Å². The largest absolute Gasteiger partial charge is 0.396 e. The van der Waals surface area contributed by atoms with E-state index in [1.165, 1.54) is 4.68 Å². The molecule has 68 valence electrons. The summed E-state index contributed by atoms with van der Waals surface area (Å²) < 4.78 is 1.26. The van der Waals surface area contributed by atoms with Crippen LogP contribution in [0.1, 0.15) is 18.7 Å². The van der Waals surface area contributed by atoms with Crippen LogP contribution in [0.5, 0.6) is 0 Å². The zero-order valence-corrected chi connectivity index (χ0v) is 6.77. The van der Waals surface area contributed by atoms with Gasteiger partial charge in [0.05, 0.1) is 0 Å². The van der Waals surface area contributed by atoms with Crippen LogP contribution in [0.3, 0.4) is 0 Å². The van der Waals surface area contributed by atoms with Crippen LogP contribution in [-0.4, -0.2) is 26.6 Å². The molecular weight excluding hydrogens is 158 g/mol. The topological polar surface area (TPSA) is 103 Å². The van der Waals surface area contributed by atoms with Crippen LogP contribution < -0.4 is 11.6 Å². The number of unbranched alkanes of at least 4 members (excludes halogenated alkanes) is 1. The lowest BCUT2D eigenvalue weighted by atomic mass is 10.2. The highest BCUT2D eigenvalue weighted by Gasteiger charge is 2.04. The number of aryl methyl sites for hydroxylation is 1. The SMILES string of the molecule is Nc1nnc(CCCCO)n1N. The summed E-state index contributed by atoms with van der Waals surface area (Å²) in [5.74, 6) is 6.36. The highest BCUT2D eigenvalue weighted by atomic mass is 16.2. The Balaban J connectivity index is 2.46. The molecule has 0 radical (unpaired) electrons. The number of aromatic nitrogens is 3. The molecule has 12 heavy (non-hydrogen) atoms. The van der Waals surface area contributed by atoms with Gasteiger partial charge in [-0.15, -0.1) is 10.2 Å². The Morgan fingerprint density at radius 1 is 1.33 bits per heavy atom. The van der Waals surface area contributed by atoms with Crippen molar-refractivity contribution in [2.75, 3.05) is 18.2 Å². The molecule has 1 heterocycles. The molecule has 5 N–H and O–H groups in total. The second-order valence-corrected chi connectivity index (χ2v) is 2.53. The first-order chi connectivity index (χ1) is 5.75. The minimum atomic E-state index is 0.189. The second-order valence-electron chi connectivity index (χ2n) is 2.53. The minimum Gasteiger partial charge on any atom is -0.396 e. The fourth-order valence-electron chi connectivity index (χ4n) is 0.903. The standard InChI is InChI=1S/C6H13N5O/c7-6-10-9-5(11(6)8)3-1-2-4-12/h12H,1-4,8H2,(H2,7,10). The van der Waals surface area contributed by atoms with Gasteiger partial charge in [-0.2, -0.15) is 0 Å². The summed E-state index contributed by atoms with van der Waals surface area (Å²) in [7, 11) is 0. The highest BCUT2D eigenvalue weighted by Crippen LogP contribution is 2.02. The van der Waals surface area contributed by atoms with Gasteiger partial charge in [0.2, 0.25) is 5.95 Å². The molecule has 1 rings (SSSR count). The molecule has 0 bridgehead atoms. The van der Waals surface area contributed by atoms with E-state index in [2.05, 4.69) is 10.2 Å². The summed E-state index contributed by atoms with van der Waals surface area (Å²) in [5.41, 5.74) is 5.36. The van der Waals surface area contributed by atoms with Gasteiger partial charge in [0.15, 0.2) is 5.82 Å². The first kappa shape index (κ1) is 8.79. The lowest BCUT2D eigenvalue weighted by molar-refractivity contribution is 0.284. The number of nitrogens with zero attached hydrogens (tertiary/aromatic N) is 3. The van der Waals surface area contributed by atoms with E-state index >= 15 is 0 Å². The molecule has 0 aliphatic carbocycles. The van der Waals surface area contributed by atoms with E-state index in [1.807, 2.05) is 0 Å². The number of hydrogen-bond acceptors (Lipinski definition) is 5. The van der Waals surface area contributed by atoms with Crippen LogP contribution in [-0.2, 0) is 6.42 Å². The molecule has 1 aromatic heterocycles. The quantitative estimate of drug-likeness (QED) is 0.393. The molecule has 6 nitrogen and oxygen atoms in total. The monoisotopic (exact) mass is 171 g/mol. The van der Waals surface area contributed by atoms with Gasteiger partial charge >= 0.3 is 0 Å². The molecule has 0 fully saturated rings. The zero-order chi connectivity index (χ0) is 8.97. The zero-order valence-electron chi connectivity index (χ0n) is 6.77. The van der Waals surface area contributed by atoms with Crippen molar-refractivity contribution >= 4 is 5.95 Å². The van der Waals surface area contributed by atoms with E-state index < -0.39 is 0 Å². The first-order valence-corrected chi connectivity index (χ1v) is 3.81. The van der Waals surface area contributed by atoms with Gasteiger partial charge in [0.25, 0.3) is 0 Å². The number of nitrogen functional groups attached to an aromatic ring is 2. The smallest absolute Gasteiger partial charge is 0.240 e. The Kier molecular flexibility index (Phi) is 2.87. The predicted octanol–water partition coefficient (Wildman–Crippen LogP) is -1.11. The van der Waals surface area contributed by atoms with Gasteiger partial charge in [-0.1, -0.05) is 0 Å². The van der Waals surface area contributed by atoms with E-state index in [-0.39, 0.29) is 12.6 Å². The van der Waals surface area contributed by atoms with E-state index in [0.29, 0.717) is 12.2 Å². The van der Waals surface area contributed by atoms with Crippen molar-refractivity contribution in [3.63, 3.8) is 0 Å². The van der Waals surface area contributed by atoms with Crippen molar-refractivity contribution in [2.45, 2.75) is 19.3 Å². The molecule has 0 unspecified atom stereocenters. The average molecular weight is 171 g/mol. The average Bonchev–Trinajstić information content (AvgIpc) is 2.36. The molecule has 0 saturated carbocycles. The fraction of sp³-hybridized carbons (Fsp3) is 0.667. The number of aliphatic hydroxyl groups is 1. The first-order valence-electron chi connectivity index (χ1n) is 3.81. The Morgan fingerprint density at radius 3 is 2.58 bits per heavy atom. The van der Waals surface area contributed by atoms with Crippen molar-refractivity contribution in [2.24, 2.45) is 0 Å². The normalized spacial score (nSPS) is 10.4. The number of hydrogen-bond donors (Lipinski definition) is 3. The van der Waals surface area contributed by atoms with Gasteiger partial charge in [-0.25, -0.2) is 4.68 Å². The van der Waals surface area contributed by atoms with Gasteiger partial charge in [0.1, 0.15) is 0 Å². The summed E-state index contributed by atoms with van der Waals surface area (Å²) in [4.78, 5) is 0. The maximum atomic E-state index is 8.52. The fourth-order valence-corrected chi connectivity index (χ4v) is 0.903. The molecule has 0 amide bonds. The lowest BCUT2D eigenvalue weighted by Gasteiger charge is -1.99. The molecule has 0 atom stereocenters. The van der Waals surface area contributed by atoms with Crippen molar-refractivity contribution in [1.29, 1.82) is 0 Å². The Bertz CT molecular complexity index is 246. The molecule has 1 aromatic rings. The van der Waals surface area contributed by atoms with Gasteiger partial charge < -0.3 is 16.7 Å². The van der Waals surface area contributed by atoms with Gasteiger partial charge in [-0.3, -0.25) is 0 Å². The van der Waals surface area contributed by atoms with E-state index in [0.717, 1.165) is 12.8 Å². The highest BCUT2D eigenvalue weighted by molar-refractivity contribution is 5.16. The number of nitrogens with two attached hydrogens (primary N) is 2. The summed E-state index contributed by atoms with van der Waals surface area (Å²) in [6.07, 6.45) is 2.28. The van der Waals surface area contributed by atoms with Gasteiger partial charge in [-0.05, 0) is 12.8 Å². The Labute approximate surface area is 70.2 Å². The molecule has 0 aliphatic heterocycles. The van der Waals surface area contributed by atoms with Crippen LogP contribution in [0.4, 0.5) is 5.95 Å². The molecule has 6 heteroatoms. The van der Waals surface area contributed by atoms with Crippen LogP contribution in [0, 0.1) is 0 Å². The van der Waals surface area contributed by atoms with Crippen molar-refractivity contribution in [3.05, 3.63) is 5.82 Å². The van der Waals surface area contributed by atoms with E-state index in [9.17, 15) is 0 Å². The van der Waals surface area contributed by atoms with Crippen LogP contribution in [0.25, 0.3) is 0 Å². The van der Waals surface area contributed by atoms with Crippen LogP contribution in [0.15, 0.2) is 0 Å². The maximum Gasteiger partial charge on any atom is 0.240 e. The Hall–Kier alpha value is -1.30.